The molecular formula is C21H33NO2. The van der Waals surface area contributed by atoms with Crippen LogP contribution in [0.25, 0.3) is 0 Å². The van der Waals surface area contributed by atoms with Gasteiger partial charge in [-0.3, -0.25) is 0 Å². The average Bonchev–Trinajstić information content (AvgIpc) is 2.65. The smallest absolute Gasteiger partial charge is 0.119 e. The van der Waals surface area contributed by atoms with E-state index in [2.05, 4.69) is 4.90 Å². The molecule has 0 aromatic heterocycles. The molecule has 3 heteroatoms. The first kappa shape index (κ1) is 17.8. The second-order valence-electron chi connectivity index (χ2n) is 7.87. The van der Waals surface area contributed by atoms with Gasteiger partial charge < -0.3 is 14.7 Å². The number of para-hydroxylation sites is 1. The maximum atomic E-state index is 9.97. The highest BCUT2D eigenvalue weighted by Gasteiger charge is 2.34. The minimum absolute atomic E-state index is 0.0673. The molecule has 0 bridgehead atoms. The Labute approximate surface area is 147 Å². The number of hydrogen-bond donors (Lipinski definition) is 1. The third-order valence-corrected chi connectivity index (χ3v) is 6.14. The van der Waals surface area contributed by atoms with Crippen molar-refractivity contribution in [2.75, 3.05) is 32.8 Å². The van der Waals surface area contributed by atoms with E-state index in [1.807, 2.05) is 30.3 Å². The first-order valence-electron chi connectivity index (χ1n) is 9.81. The molecule has 1 saturated heterocycles. The van der Waals surface area contributed by atoms with Crippen molar-refractivity contribution in [3.63, 3.8) is 0 Å². The van der Waals surface area contributed by atoms with Crippen LogP contribution in [0.15, 0.2) is 30.3 Å². The van der Waals surface area contributed by atoms with Crippen molar-refractivity contribution in [2.24, 2.45) is 11.3 Å². The lowest BCUT2D eigenvalue weighted by Gasteiger charge is -2.42. The van der Waals surface area contributed by atoms with Crippen LogP contribution in [-0.4, -0.2) is 42.9 Å². The number of aliphatic hydroxyl groups is 1. The molecule has 0 spiro atoms. The van der Waals surface area contributed by atoms with Gasteiger partial charge in [-0.05, 0) is 68.7 Å². The summed E-state index contributed by atoms with van der Waals surface area (Å²) in [6.07, 6.45) is 10.3. The van der Waals surface area contributed by atoms with E-state index in [0.29, 0.717) is 13.2 Å². The number of ether oxygens (including phenoxy) is 1. The van der Waals surface area contributed by atoms with Gasteiger partial charge in [-0.25, -0.2) is 0 Å². The monoisotopic (exact) mass is 331 g/mol. The minimum atomic E-state index is 0.0673. The fourth-order valence-electron chi connectivity index (χ4n) is 4.33. The minimum Gasteiger partial charge on any atom is -0.494 e. The second kappa shape index (κ2) is 8.87. The molecule has 134 valence electrons. The molecule has 3 rings (SSSR count). The van der Waals surface area contributed by atoms with Gasteiger partial charge in [0, 0.05) is 13.2 Å². The number of nitrogens with zero attached hydrogens (tertiary/aromatic N) is 1. The number of likely N-dealkylation sites (tertiary alicyclic amines) is 1. The van der Waals surface area contributed by atoms with Crippen molar-refractivity contribution >= 4 is 0 Å². The Morgan fingerprint density at radius 1 is 1.04 bits per heavy atom. The van der Waals surface area contributed by atoms with Crippen LogP contribution >= 0.6 is 0 Å². The van der Waals surface area contributed by atoms with E-state index in [9.17, 15) is 5.11 Å². The van der Waals surface area contributed by atoms with E-state index >= 15 is 0 Å². The zero-order valence-electron chi connectivity index (χ0n) is 15.0. The molecule has 2 aliphatic rings. The fourth-order valence-corrected chi connectivity index (χ4v) is 4.33. The molecule has 0 unspecified atom stereocenters. The van der Waals surface area contributed by atoms with Crippen molar-refractivity contribution in [3.8, 4) is 5.75 Å². The molecule has 1 aromatic rings. The fraction of sp³-hybridized carbons (Fsp3) is 0.714. The maximum Gasteiger partial charge on any atom is 0.119 e. The summed E-state index contributed by atoms with van der Waals surface area (Å²) in [4.78, 5) is 2.64. The quantitative estimate of drug-likeness (QED) is 0.816. The molecule has 24 heavy (non-hydrogen) atoms. The third-order valence-electron chi connectivity index (χ3n) is 6.14. The number of piperidine rings is 1. The van der Waals surface area contributed by atoms with Crippen molar-refractivity contribution in [1.82, 2.24) is 4.90 Å². The average molecular weight is 332 g/mol. The van der Waals surface area contributed by atoms with Gasteiger partial charge in [0.1, 0.15) is 5.75 Å². The van der Waals surface area contributed by atoms with Crippen LogP contribution < -0.4 is 4.74 Å². The lowest BCUT2D eigenvalue weighted by Crippen LogP contribution is -2.44. The van der Waals surface area contributed by atoms with E-state index in [4.69, 9.17) is 4.74 Å². The number of hydrogen-bond acceptors (Lipinski definition) is 3. The number of aliphatic hydroxyl groups excluding tert-OH is 1. The molecule has 1 heterocycles. The van der Waals surface area contributed by atoms with E-state index < -0.39 is 0 Å². The molecule has 0 atom stereocenters. The van der Waals surface area contributed by atoms with Crippen molar-refractivity contribution in [3.05, 3.63) is 30.3 Å². The van der Waals surface area contributed by atoms with Crippen molar-refractivity contribution in [2.45, 2.75) is 51.4 Å². The third kappa shape index (κ3) is 4.97. The van der Waals surface area contributed by atoms with E-state index in [0.717, 1.165) is 44.0 Å². The van der Waals surface area contributed by atoms with Gasteiger partial charge in [-0.15, -0.1) is 0 Å². The van der Waals surface area contributed by atoms with Crippen LogP contribution in [0.4, 0.5) is 0 Å². The first-order valence-corrected chi connectivity index (χ1v) is 9.81. The van der Waals surface area contributed by atoms with Crippen LogP contribution in [0.2, 0.25) is 0 Å². The molecule has 1 N–H and O–H groups in total. The summed E-state index contributed by atoms with van der Waals surface area (Å²) < 4.78 is 5.86. The van der Waals surface area contributed by atoms with Crippen molar-refractivity contribution in [1.29, 1.82) is 0 Å². The summed E-state index contributed by atoms with van der Waals surface area (Å²) in [7, 11) is 0. The summed E-state index contributed by atoms with van der Waals surface area (Å²) in [6, 6.07) is 10.0. The van der Waals surface area contributed by atoms with Gasteiger partial charge in [0.05, 0.1) is 6.61 Å². The number of benzene rings is 1. The molecule has 3 nitrogen and oxygen atoms in total. The zero-order chi connectivity index (χ0) is 16.7. The Hall–Kier alpha value is -1.06. The van der Waals surface area contributed by atoms with Gasteiger partial charge in [0.25, 0.3) is 0 Å². The van der Waals surface area contributed by atoms with Crippen LogP contribution in [0.5, 0.6) is 5.75 Å². The van der Waals surface area contributed by atoms with Crippen LogP contribution in [0, 0.1) is 11.3 Å². The van der Waals surface area contributed by atoms with Crippen LogP contribution in [0.3, 0.4) is 0 Å². The molecule has 2 fully saturated rings. The molecule has 0 radical (unpaired) electrons. The highest BCUT2D eigenvalue weighted by atomic mass is 16.5. The normalized spacial score (nSPS) is 22.4. The maximum absolute atomic E-state index is 9.97. The van der Waals surface area contributed by atoms with Crippen LogP contribution in [-0.2, 0) is 0 Å². The Morgan fingerprint density at radius 2 is 1.75 bits per heavy atom. The molecule has 1 aromatic carbocycles. The standard InChI is InChI=1S/C21H33NO2/c23-18-21(13-16-24-20-9-5-2-6-10-20)11-14-22(15-12-21)17-19-7-3-1-4-8-19/h2,5-6,9-10,19,23H,1,3-4,7-8,11-18H2. The van der Waals surface area contributed by atoms with E-state index in [1.165, 1.54) is 38.6 Å². The Balaban J connectivity index is 1.41. The molecule has 0 amide bonds. The first-order chi connectivity index (χ1) is 11.8. The highest BCUT2D eigenvalue weighted by Crippen LogP contribution is 2.35. The molecule has 1 aliphatic heterocycles. The van der Waals surface area contributed by atoms with Gasteiger partial charge in [0.2, 0.25) is 0 Å². The Bertz CT molecular complexity index is 462. The zero-order valence-corrected chi connectivity index (χ0v) is 15.0. The SMILES string of the molecule is OCC1(CCOc2ccccc2)CCN(CC2CCCCC2)CC1. The summed E-state index contributed by atoms with van der Waals surface area (Å²) in [5, 5.41) is 9.97. The summed E-state index contributed by atoms with van der Waals surface area (Å²) >= 11 is 0. The Morgan fingerprint density at radius 3 is 2.42 bits per heavy atom. The van der Waals surface area contributed by atoms with Crippen LogP contribution in [0.1, 0.15) is 51.4 Å². The lowest BCUT2D eigenvalue weighted by molar-refractivity contribution is 0.0204. The predicted molar refractivity (Wildman–Crippen MR) is 98.3 cm³/mol. The molecular weight excluding hydrogens is 298 g/mol. The largest absolute Gasteiger partial charge is 0.494 e. The van der Waals surface area contributed by atoms with Gasteiger partial charge in [0.15, 0.2) is 0 Å². The second-order valence-corrected chi connectivity index (χ2v) is 7.87. The number of rotatable bonds is 7. The summed E-state index contributed by atoms with van der Waals surface area (Å²) in [5.74, 6) is 1.85. The van der Waals surface area contributed by atoms with E-state index in [-0.39, 0.29) is 5.41 Å². The van der Waals surface area contributed by atoms with Crippen molar-refractivity contribution < 1.29 is 9.84 Å². The summed E-state index contributed by atoms with van der Waals surface area (Å²) in [6.45, 7) is 4.56. The molecule has 1 saturated carbocycles. The topological polar surface area (TPSA) is 32.7 Å². The lowest BCUT2D eigenvalue weighted by atomic mass is 9.76. The predicted octanol–water partition coefficient (Wildman–Crippen LogP) is 4.11. The van der Waals surface area contributed by atoms with Gasteiger partial charge in [-0.2, -0.15) is 0 Å². The van der Waals surface area contributed by atoms with Gasteiger partial charge >= 0.3 is 0 Å². The molecule has 1 aliphatic carbocycles. The Kier molecular flexibility index (Phi) is 6.56. The van der Waals surface area contributed by atoms with Gasteiger partial charge in [-0.1, -0.05) is 37.5 Å². The van der Waals surface area contributed by atoms with E-state index in [1.54, 1.807) is 0 Å². The highest BCUT2D eigenvalue weighted by molar-refractivity contribution is 5.20. The summed E-state index contributed by atoms with van der Waals surface area (Å²) in [5.41, 5.74) is 0.0673.